The zero-order valence-electron chi connectivity index (χ0n) is 10.7. The molecule has 100 valence electrons. The Morgan fingerprint density at radius 2 is 2.39 bits per heavy atom. The summed E-state index contributed by atoms with van der Waals surface area (Å²) in [6, 6.07) is -0.177. The van der Waals surface area contributed by atoms with Crippen LogP contribution < -0.4 is 11.5 Å². The molecule has 1 aromatic heterocycles. The summed E-state index contributed by atoms with van der Waals surface area (Å²) < 4.78 is 1.75. The van der Waals surface area contributed by atoms with E-state index in [1.807, 2.05) is 19.4 Å². The molecule has 6 nitrogen and oxygen atoms in total. The highest BCUT2D eigenvalue weighted by Gasteiger charge is 2.32. The molecule has 0 aliphatic carbocycles. The lowest BCUT2D eigenvalue weighted by molar-refractivity contribution is -0.125. The molecule has 1 aliphatic heterocycles. The number of aromatic nitrogens is 2. The van der Waals surface area contributed by atoms with Crippen LogP contribution in [0.5, 0.6) is 0 Å². The molecular formula is C12H21N5O. The highest BCUT2D eigenvalue weighted by Crippen LogP contribution is 2.27. The topological polar surface area (TPSA) is 90.2 Å². The zero-order chi connectivity index (χ0) is 13.1. The summed E-state index contributed by atoms with van der Waals surface area (Å²) in [4.78, 5) is 13.7. The third-order valence-corrected chi connectivity index (χ3v) is 3.61. The van der Waals surface area contributed by atoms with Crippen molar-refractivity contribution >= 4 is 5.91 Å². The van der Waals surface area contributed by atoms with Crippen LogP contribution in [0.15, 0.2) is 12.4 Å². The Bertz CT molecular complexity index is 416. The fourth-order valence-corrected chi connectivity index (χ4v) is 2.71. The van der Waals surface area contributed by atoms with Gasteiger partial charge in [-0.05, 0) is 19.4 Å². The third-order valence-electron chi connectivity index (χ3n) is 3.61. The van der Waals surface area contributed by atoms with Crippen LogP contribution in [0.3, 0.4) is 0 Å². The summed E-state index contributed by atoms with van der Waals surface area (Å²) in [7, 11) is 1.87. The Balaban J connectivity index is 2.22. The number of hydrogen-bond acceptors (Lipinski definition) is 4. The summed E-state index contributed by atoms with van der Waals surface area (Å²) in [5.74, 6) is -0.253. The van der Waals surface area contributed by atoms with Gasteiger partial charge in [0, 0.05) is 25.4 Å². The fourth-order valence-electron chi connectivity index (χ4n) is 2.71. The molecule has 2 heterocycles. The summed E-state index contributed by atoms with van der Waals surface area (Å²) in [6.07, 6.45) is 6.72. The SMILES string of the molecule is Cn1cc(C(CN)N2CCCCC2C(N)=O)cn1. The predicted octanol–water partition coefficient (Wildman–Crippen LogP) is -0.240. The van der Waals surface area contributed by atoms with Gasteiger partial charge < -0.3 is 11.5 Å². The zero-order valence-corrected chi connectivity index (χ0v) is 10.7. The minimum atomic E-state index is -0.253. The molecule has 1 saturated heterocycles. The molecule has 0 radical (unpaired) electrons. The molecule has 18 heavy (non-hydrogen) atoms. The molecule has 0 saturated carbocycles. The second-order valence-corrected chi connectivity index (χ2v) is 4.85. The van der Waals surface area contributed by atoms with Gasteiger partial charge >= 0.3 is 0 Å². The normalized spacial score (nSPS) is 22.9. The number of nitrogens with two attached hydrogens (primary N) is 2. The van der Waals surface area contributed by atoms with E-state index in [2.05, 4.69) is 10.00 Å². The first kappa shape index (κ1) is 13.0. The number of likely N-dealkylation sites (tertiary alicyclic amines) is 1. The number of aryl methyl sites for hydroxylation is 1. The van der Waals surface area contributed by atoms with Crippen LogP contribution in [0.2, 0.25) is 0 Å². The van der Waals surface area contributed by atoms with Gasteiger partial charge in [0.25, 0.3) is 0 Å². The van der Waals surface area contributed by atoms with E-state index in [0.29, 0.717) is 6.54 Å². The first-order valence-electron chi connectivity index (χ1n) is 6.37. The highest BCUT2D eigenvalue weighted by atomic mass is 16.1. The molecule has 6 heteroatoms. The van der Waals surface area contributed by atoms with E-state index in [1.165, 1.54) is 0 Å². The molecule has 2 unspecified atom stereocenters. The minimum absolute atomic E-state index is 0.0245. The Labute approximate surface area is 107 Å². The number of primary amides is 1. The van der Waals surface area contributed by atoms with Crippen LogP contribution in [-0.2, 0) is 11.8 Å². The number of carbonyl (C=O) groups excluding carboxylic acids is 1. The number of amides is 1. The van der Waals surface area contributed by atoms with Crippen molar-refractivity contribution in [2.45, 2.75) is 31.3 Å². The molecule has 0 aromatic carbocycles. The average Bonchev–Trinajstić information content (AvgIpc) is 2.77. The second-order valence-electron chi connectivity index (χ2n) is 4.85. The van der Waals surface area contributed by atoms with Crippen molar-refractivity contribution in [2.24, 2.45) is 18.5 Å². The van der Waals surface area contributed by atoms with Crippen LogP contribution in [0.1, 0.15) is 30.9 Å². The van der Waals surface area contributed by atoms with Gasteiger partial charge in [-0.1, -0.05) is 6.42 Å². The molecule has 4 N–H and O–H groups in total. The van der Waals surface area contributed by atoms with E-state index >= 15 is 0 Å². The molecular weight excluding hydrogens is 230 g/mol. The number of carbonyl (C=O) groups is 1. The number of piperidine rings is 1. The van der Waals surface area contributed by atoms with E-state index in [0.717, 1.165) is 31.4 Å². The minimum Gasteiger partial charge on any atom is -0.368 e. The van der Waals surface area contributed by atoms with Crippen molar-refractivity contribution in [1.29, 1.82) is 0 Å². The Morgan fingerprint density at radius 1 is 1.61 bits per heavy atom. The number of rotatable bonds is 4. The molecule has 2 rings (SSSR count). The Hall–Kier alpha value is -1.40. The van der Waals surface area contributed by atoms with Gasteiger partial charge in [0.15, 0.2) is 0 Å². The van der Waals surface area contributed by atoms with E-state index in [-0.39, 0.29) is 18.0 Å². The van der Waals surface area contributed by atoms with Crippen LogP contribution in [0, 0.1) is 0 Å². The van der Waals surface area contributed by atoms with Gasteiger partial charge in [-0.25, -0.2) is 0 Å². The van der Waals surface area contributed by atoms with Crippen LogP contribution in [-0.4, -0.2) is 39.7 Å². The molecule has 1 aromatic rings. The predicted molar refractivity (Wildman–Crippen MR) is 68.5 cm³/mol. The maximum Gasteiger partial charge on any atom is 0.234 e. The molecule has 1 amide bonds. The standard InChI is InChI=1S/C12H21N5O/c1-16-8-9(7-15-16)11(6-13)17-5-3-2-4-10(17)12(14)18/h7-8,10-11H,2-6,13H2,1H3,(H2,14,18). The summed E-state index contributed by atoms with van der Waals surface area (Å²) in [6.45, 7) is 1.33. The van der Waals surface area contributed by atoms with Crippen molar-refractivity contribution in [3.63, 3.8) is 0 Å². The van der Waals surface area contributed by atoms with Gasteiger partial charge in [0.1, 0.15) is 0 Å². The van der Waals surface area contributed by atoms with Crippen LogP contribution in [0.4, 0.5) is 0 Å². The van der Waals surface area contributed by atoms with Gasteiger partial charge in [0.05, 0.1) is 18.3 Å². The lowest BCUT2D eigenvalue weighted by Gasteiger charge is -2.38. The van der Waals surface area contributed by atoms with Crippen molar-refractivity contribution in [3.05, 3.63) is 18.0 Å². The van der Waals surface area contributed by atoms with Gasteiger partial charge in [-0.2, -0.15) is 5.10 Å². The van der Waals surface area contributed by atoms with Gasteiger partial charge in [-0.15, -0.1) is 0 Å². The van der Waals surface area contributed by atoms with E-state index in [4.69, 9.17) is 11.5 Å². The maximum absolute atomic E-state index is 11.5. The summed E-state index contributed by atoms with van der Waals surface area (Å²) in [5.41, 5.74) is 12.4. The first-order valence-corrected chi connectivity index (χ1v) is 6.37. The Kier molecular flexibility index (Phi) is 3.98. The van der Waals surface area contributed by atoms with E-state index < -0.39 is 0 Å². The van der Waals surface area contributed by atoms with Crippen molar-refractivity contribution in [3.8, 4) is 0 Å². The maximum atomic E-state index is 11.5. The average molecular weight is 251 g/mol. The first-order chi connectivity index (χ1) is 8.63. The second kappa shape index (κ2) is 5.49. The van der Waals surface area contributed by atoms with E-state index in [9.17, 15) is 4.79 Å². The smallest absolute Gasteiger partial charge is 0.234 e. The van der Waals surface area contributed by atoms with Crippen molar-refractivity contribution < 1.29 is 4.79 Å². The van der Waals surface area contributed by atoms with Crippen LogP contribution >= 0.6 is 0 Å². The molecule has 1 aliphatic rings. The monoisotopic (exact) mass is 251 g/mol. The lowest BCUT2D eigenvalue weighted by atomic mass is 9.97. The molecule has 2 atom stereocenters. The van der Waals surface area contributed by atoms with Crippen molar-refractivity contribution in [2.75, 3.05) is 13.1 Å². The Morgan fingerprint density at radius 3 is 2.94 bits per heavy atom. The third kappa shape index (κ3) is 2.54. The largest absolute Gasteiger partial charge is 0.368 e. The van der Waals surface area contributed by atoms with Crippen molar-refractivity contribution in [1.82, 2.24) is 14.7 Å². The summed E-state index contributed by atoms with van der Waals surface area (Å²) >= 11 is 0. The fraction of sp³-hybridized carbons (Fsp3) is 0.667. The lowest BCUT2D eigenvalue weighted by Crippen LogP contribution is -2.50. The highest BCUT2D eigenvalue weighted by molar-refractivity contribution is 5.80. The van der Waals surface area contributed by atoms with Gasteiger partial charge in [0.2, 0.25) is 5.91 Å². The summed E-state index contributed by atoms with van der Waals surface area (Å²) in [5, 5.41) is 4.17. The van der Waals surface area contributed by atoms with E-state index in [1.54, 1.807) is 4.68 Å². The molecule has 0 spiro atoms. The number of hydrogen-bond donors (Lipinski definition) is 2. The quantitative estimate of drug-likeness (QED) is 0.772. The molecule has 1 fully saturated rings. The van der Waals surface area contributed by atoms with Crippen LogP contribution in [0.25, 0.3) is 0 Å². The molecule has 0 bridgehead atoms. The number of nitrogens with zero attached hydrogens (tertiary/aromatic N) is 3. The van der Waals surface area contributed by atoms with Gasteiger partial charge in [-0.3, -0.25) is 14.4 Å².